The van der Waals surface area contributed by atoms with E-state index >= 15 is 0 Å². The molecule has 100 valence electrons. The summed E-state index contributed by atoms with van der Waals surface area (Å²) in [6.07, 6.45) is 2.46. The van der Waals surface area contributed by atoms with Crippen LogP contribution in [0.15, 0.2) is 18.2 Å². The summed E-state index contributed by atoms with van der Waals surface area (Å²) in [6.45, 7) is 2.25. The Morgan fingerprint density at radius 3 is 3.00 bits per heavy atom. The van der Waals surface area contributed by atoms with Crippen molar-refractivity contribution in [3.05, 3.63) is 23.8 Å². The van der Waals surface area contributed by atoms with E-state index in [-0.39, 0.29) is 6.10 Å². The minimum atomic E-state index is 0.235. The fraction of sp³-hybridized carbons (Fsp3) is 0.571. The van der Waals surface area contributed by atoms with Crippen molar-refractivity contribution in [1.29, 1.82) is 0 Å². The first kappa shape index (κ1) is 13.2. The minimum Gasteiger partial charge on any atom is -0.497 e. The molecule has 1 fully saturated rings. The Labute approximate surface area is 108 Å². The molecular formula is C14H21NO3. The van der Waals surface area contributed by atoms with Crippen molar-refractivity contribution in [2.24, 2.45) is 0 Å². The number of ether oxygens (including phenoxy) is 3. The third-order valence-corrected chi connectivity index (χ3v) is 3.09. The molecule has 0 bridgehead atoms. The average Bonchev–Trinajstić information content (AvgIpc) is 2.91. The zero-order valence-corrected chi connectivity index (χ0v) is 11.1. The van der Waals surface area contributed by atoms with Crippen molar-refractivity contribution in [3.8, 4) is 11.5 Å². The standard InChI is InChI=1S/C14H21NO3/c1-15-9-11-5-6-12(16-2)8-14(11)18-10-13-4-3-7-17-13/h5-6,8,13,15H,3-4,7,9-10H2,1-2H3. The number of methoxy groups -OCH3 is 1. The predicted octanol–water partition coefficient (Wildman–Crippen LogP) is 1.97. The normalized spacial score (nSPS) is 18.9. The van der Waals surface area contributed by atoms with E-state index in [1.165, 1.54) is 0 Å². The molecular weight excluding hydrogens is 230 g/mol. The van der Waals surface area contributed by atoms with Crippen LogP contribution < -0.4 is 14.8 Å². The molecule has 1 heterocycles. The molecule has 1 aliphatic rings. The highest BCUT2D eigenvalue weighted by Crippen LogP contribution is 2.25. The van der Waals surface area contributed by atoms with Crippen LogP contribution in [0.1, 0.15) is 18.4 Å². The van der Waals surface area contributed by atoms with Gasteiger partial charge in [0.25, 0.3) is 0 Å². The van der Waals surface area contributed by atoms with E-state index in [9.17, 15) is 0 Å². The highest BCUT2D eigenvalue weighted by molar-refractivity contribution is 5.40. The summed E-state index contributed by atoms with van der Waals surface area (Å²) in [5.41, 5.74) is 1.14. The van der Waals surface area contributed by atoms with Crippen LogP contribution in [0.3, 0.4) is 0 Å². The molecule has 0 aliphatic carbocycles. The van der Waals surface area contributed by atoms with Gasteiger partial charge < -0.3 is 19.5 Å². The van der Waals surface area contributed by atoms with Gasteiger partial charge >= 0.3 is 0 Å². The van der Waals surface area contributed by atoms with Crippen molar-refractivity contribution >= 4 is 0 Å². The molecule has 0 radical (unpaired) electrons. The molecule has 1 atom stereocenters. The second kappa shape index (κ2) is 6.61. The van der Waals surface area contributed by atoms with Crippen LogP contribution in [0.4, 0.5) is 0 Å². The van der Waals surface area contributed by atoms with Gasteiger partial charge in [-0.05, 0) is 26.0 Å². The van der Waals surface area contributed by atoms with Crippen molar-refractivity contribution < 1.29 is 14.2 Å². The Morgan fingerprint density at radius 2 is 2.33 bits per heavy atom. The number of hydrogen-bond donors (Lipinski definition) is 1. The molecule has 1 unspecified atom stereocenters. The highest BCUT2D eigenvalue weighted by Gasteiger charge is 2.17. The molecule has 0 saturated carbocycles. The first-order valence-corrected chi connectivity index (χ1v) is 6.39. The summed E-state index contributed by atoms with van der Waals surface area (Å²) in [5.74, 6) is 1.69. The van der Waals surface area contributed by atoms with Gasteiger partial charge in [0.15, 0.2) is 0 Å². The van der Waals surface area contributed by atoms with E-state index in [4.69, 9.17) is 14.2 Å². The van der Waals surface area contributed by atoms with Crippen molar-refractivity contribution in [2.45, 2.75) is 25.5 Å². The Morgan fingerprint density at radius 1 is 1.44 bits per heavy atom. The molecule has 0 aromatic heterocycles. The van der Waals surface area contributed by atoms with Gasteiger partial charge in [-0.3, -0.25) is 0 Å². The average molecular weight is 251 g/mol. The zero-order valence-electron chi connectivity index (χ0n) is 11.1. The Balaban J connectivity index is 2.02. The van der Waals surface area contributed by atoms with Gasteiger partial charge in [0.2, 0.25) is 0 Å². The molecule has 18 heavy (non-hydrogen) atoms. The quantitative estimate of drug-likeness (QED) is 0.839. The third-order valence-electron chi connectivity index (χ3n) is 3.09. The van der Waals surface area contributed by atoms with Crippen LogP contribution in [0, 0.1) is 0 Å². The van der Waals surface area contributed by atoms with E-state index < -0.39 is 0 Å². The molecule has 2 rings (SSSR count). The predicted molar refractivity (Wildman–Crippen MR) is 70.2 cm³/mol. The van der Waals surface area contributed by atoms with Crippen LogP contribution in [-0.4, -0.2) is 33.5 Å². The lowest BCUT2D eigenvalue weighted by atomic mass is 10.2. The van der Waals surface area contributed by atoms with Gasteiger partial charge in [0.05, 0.1) is 13.2 Å². The largest absolute Gasteiger partial charge is 0.497 e. The molecule has 0 amide bonds. The molecule has 0 spiro atoms. The van der Waals surface area contributed by atoms with Crippen molar-refractivity contribution in [1.82, 2.24) is 5.32 Å². The minimum absolute atomic E-state index is 0.235. The van der Waals surface area contributed by atoms with Crippen LogP contribution in [0.25, 0.3) is 0 Å². The molecule has 1 aliphatic heterocycles. The molecule has 1 aromatic carbocycles. The van der Waals surface area contributed by atoms with Crippen LogP contribution >= 0.6 is 0 Å². The van der Waals surface area contributed by atoms with Gasteiger partial charge in [0, 0.05) is 24.8 Å². The second-order valence-corrected chi connectivity index (χ2v) is 4.45. The van der Waals surface area contributed by atoms with Crippen LogP contribution in [0.2, 0.25) is 0 Å². The maximum atomic E-state index is 5.87. The molecule has 4 heteroatoms. The summed E-state index contributed by atoms with van der Waals surface area (Å²) in [4.78, 5) is 0. The summed E-state index contributed by atoms with van der Waals surface area (Å²) >= 11 is 0. The highest BCUT2D eigenvalue weighted by atomic mass is 16.5. The first-order valence-electron chi connectivity index (χ1n) is 6.39. The van der Waals surface area contributed by atoms with E-state index in [1.54, 1.807) is 7.11 Å². The Hall–Kier alpha value is -1.26. The van der Waals surface area contributed by atoms with Crippen molar-refractivity contribution in [2.75, 3.05) is 27.4 Å². The van der Waals surface area contributed by atoms with E-state index in [0.717, 1.165) is 43.1 Å². The van der Waals surface area contributed by atoms with Gasteiger partial charge in [-0.2, -0.15) is 0 Å². The second-order valence-electron chi connectivity index (χ2n) is 4.45. The van der Waals surface area contributed by atoms with Gasteiger partial charge in [-0.25, -0.2) is 0 Å². The van der Waals surface area contributed by atoms with Crippen LogP contribution in [-0.2, 0) is 11.3 Å². The first-order chi connectivity index (χ1) is 8.83. The number of benzene rings is 1. The number of hydrogen-bond acceptors (Lipinski definition) is 4. The molecule has 1 saturated heterocycles. The molecule has 1 N–H and O–H groups in total. The zero-order chi connectivity index (χ0) is 12.8. The maximum absolute atomic E-state index is 5.87. The molecule has 4 nitrogen and oxygen atoms in total. The van der Waals surface area contributed by atoms with Gasteiger partial charge in [-0.15, -0.1) is 0 Å². The fourth-order valence-electron chi connectivity index (χ4n) is 2.09. The lowest BCUT2D eigenvalue weighted by molar-refractivity contribution is 0.0675. The number of nitrogens with one attached hydrogen (secondary N) is 1. The maximum Gasteiger partial charge on any atom is 0.127 e. The van der Waals surface area contributed by atoms with E-state index in [1.807, 2.05) is 25.2 Å². The van der Waals surface area contributed by atoms with Gasteiger partial charge in [0.1, 0.15) is 18.1 Å². The fourth-order valence-corrected chi connectivity index (χ4v) is 2.09. The Kier molecular flexibility index (Phi) is 4.84. The third kappa shape index (κ3) is 3.37. The summed E-state index contributed by atoms with van der Waals surface area (Å²) in [7, 11) is 3.59. The van der Waals surface area contributed by atoms with E-state index in [2.05, 4.69) is 5.32 Å². The monoisotopic (exact) mass is 251 g/mol. The lowest BCUT2D eigenvalue weighted by Crippen LogP contribution is -2.17. The van der Waals surface area contributed by atoms with Crippen molar-refractivity contribution in [3.63, 3.8) is 0 Å². The molecule has 1 aromatic rings. The van der Waals surface area contributed by atoms with E-state index in [0.29, 0.717) is 6.61 Å². The topological polar surface area (TPSA) is 39.7 Å². The summed E-state index contributed by atoms with van der Waals surface area (Å²) in [5, 5.41) is 3.14. The van der Waals surface area contributed by atoms with Crippen LogP contribution in [0.5, 0.6) is 11.5 Å². The summed E-state index contributed by atoms with van der Waals surface area (Å²) in [6, 6.07) is 5.91. The van der Waals surface area contributed by atoms with Gasteiger partial charge in [-0.1, -0.05) is 6.07 Å². The lowest BCUT2D eigenvalue weighted by Gasteiger charge is -2.15. The SMILES string of the molecule is CNCc1ccc(OC)cc1OCC1CCCO1. The smallest absolute Gasteiger partial charge is 0.127 e. The Bertz CT molecular complexity index is 375. The summed E-state index contributed by atoms with van der Waals surface area (Å²) < 4.78 is 16.7. The number of rotatable bonds is 6.